The summed E-state index contributed by atoms with van der Waals surface area (Å²) in [6, 6.07) is 5.36. The van der Waals surface area contributed by atoms with E-state index in [1.807, 2.05) is 0 Å². The number of phosphoric acid groups is 1. The zero-order valence-corrected chi connectivity index (χ0v) is 11.4. The SMILES string of the molecule is O=P(Cl)(Cl)OP(=O)([O-])Oc1ccc(Cl)cc1. The number of phosphoric ester groups is 1. The molecule has 0 fully saturated rings. The van der Waals surface area contributed by atoms with Gasteiger partial charge in [-0.2, -0.15) is 0 Å². The molecule has 1 atom stereocenters. The van der Waals surface area contributed by atoms with Gasteiger partial charge >= 0.3 is 13.9 Å². The van der Waals surface area contributed by atoms with Gasteiger partial charge in [-0.25, -0.2) is 4.31 Å². The largest absolute Gasteiger partial charge is 0.746 e. The van der Waals surface area contributed by atoms with Gasteiger partial charge in [-0.3, -0.25) is 9.13 Å². The molecule has 1 aromatic carbocycles. The number of benzene rings is 1. The van der Waals surface area contributed by atoms with Crippen LogP contribution in [0.1, 0.15) is 0 Å². The van der Waals surface area contributed by atoms with E-state index in [0.29, 0.717) is 5.02 Å². The number of halogens is 3. The Kier molecular flexibility index (Phi) is 4.73. The zero-order valence-electron chi connectivity index (χ0n) is 7.38. The van der Waals surface area contributed by atoms with Gasteiger partial charge in [-0.05, 0) is 46.7 Å². The quantitative estimate of drug-likeness (QED) is 0.788. The molecule has 0 aliphatic rings. The van der Waals surface area contributed by atoms with Gasteiger partial charge in [0.15, 0.2) is 0 Å². The second-order valence-electron chi connectivity index (χ2n) is 2.49. The van der Waals surface area contributed by atoms with Crippen molar-refractivity contribution < 1.29 is 22.9 Å². The maximum absolute atomic E-state index is 11.1. The normalized spacial score (nSPS) is 15.5. The number of hydrogen-bond acceptors (Lipinski definition) is 5. The van der Waals surface area contributed by atoms with Crippen LogP contribution in [0.2, 0.25) is 5.02 Å². The van der Waals surface area contributed by atoms with E-state index in [4.69, 9.17) is 34.1 Å². The smallest absolute Gasteiger partial charge is 0.387 e. The summed E-state index contributed by atoms with van der Waals surface area (Å²) in [5.74, 6) is -0.0653. The highest BCUT2D eigenvalue weighted by atomic mass is 35.9. The lowest BCUT2D eigenvalue weighted by molar-refractivity contribution is -0.208. The first-order valence-corrected chi connectivity index (χ1v) is 8.92. The van der Waals surface area contributed by atoms with E-state index >= 15 is 0 Å². The van der Waals surface area contributed by atoms with E-state index in [1.54, 1.807) is 0 Å². The second kappa shape index (κ2) is 5.28. The topological polar surface area (TPSA) is 75.7 Å². The standard InChI is InChI=1S/C6H5Cl3O5P2/c7-5-1-3-6(4-2-5)13-16(11,12)14-15(8,9)10/h1-4H,(H,11,12)/p-1. The summed E-state index contributed by atoms with van der Waals surface area (Å²) in [4.78, 5) is 11.1. The minimum Gasteiger partial charge on any atom is -0.746 e. The molecule has 90 valence electrons. The summed E-state index contributed by atoms with van der Waals surface area (Å²) in [5.41, 5.74) is 0. The van der Waals surface area contributed by atoms with Crippen molar-refractivity contribution in [2.75, 3.05) is 0 Å². The molecule has 5 nitrogen and oxygen atoms in total. The van der Waals surface area contributed by atoms with Crippen molar-refractivity contribution in [1.82, 2.24) is 0 Å². The van der Waals surface area contributed by atoms with Gasteiger partial charge < -0.3 is 9.42 Å². The van der Waals surface area contributed by atoms with Crippen molar-refractivity contribution >= 4 is 48.0 Å². The van der Waals surface area contributed by atoms with Gasteiger partial charge in [0, 0.05) is 5.02 Å². The van der Waals surface area contributed by atoms with Gasteiger partial charge in [0.2, 0.25) is 0 Å². The van der Waals surface area contributed by atoms with E-state index in [9.17, 15) is 14.0 Å². The summed E-state index contributed by atoms with van der Waals surface area (Å²) < 4.78 is 30.1. The highest BCUT2D eigenvalue weighted by Crippen LogP contribution is 2.66. The van der Waals surface area contributed by atoms with Crippen LogP contribution in [-0.2, 0) is 13.4 Å². The van der Waals surface area contributed by atoms with E-state index in [1.165, 1.54) is 24.3 Å². The van der Waals surface area contributed by atoms with Crippen LogP contribution >= 0.6 is 48.0 Å². The van der Waals surface area contributed by atoms with Crippen LogP contribution in [-0.4, -0.2) is 0 Å². The molecule has 0 N–H and O–H groups in total. The predicted molar refractivity (Wildman–Crippen MR) is 60.1 cm³/mol. The van der Waals surface area contributed by atoms with E-state index in [-0.39, 0.29) is 5.75 Å². The Morgan fingerprint density at radius 3 is 2.06 bits per heavy atom. The Morgan fingerprint density at radius 2 is 1.62 bits per heavy atom. The van der Waals surface area contributed by atoms with Crippen LogP contribution in [0.5, 0.6) is 5.75 Å². The average molecular weight is 324 g/mol. The fourth-order valence-corrected chi connectivity index (χ4v) is 3.69. The van der Waals surface area contributed by atoms with Gasteiger partial charge in [-0.1, -0.05) is 11.6 Å². The molecule has 0 saturated heterocycles. The van der Waals surface area contributed by atoms with Gasteiger partial charge in [0.05, 0.1) is 0 Å². The van der Waals surface area contributed by atoms with Crippen LogP contribution in [0, 0.1) is 0 Å². The lowest BCUT2D eigenvalue weighted by Crippen LogP contribution is -2.07. The molecule has 0 aliphatic carbocycles. The molecule has 0 bridgehead atoms. The molecule has 10 heteroatoms. The third-order valence-corrected chi connectivity index (χ3v) is 4.58. The first kappa shape index (κ1) is 14.3. The van der Waals surface area contributed by atoms with Crippen molar-refractivity contribution in [2.24, 2.45) is 0 Å². The Labute approximate surface area is 106 Å². The Morgan fingerprint density at radius 1 is 1.12 bits per heavy atom. The molecule has 0 saturated carbocycles. The van der Waals surface area contributed by atoms with Crippen molar-refractivity contribution in [1.29, 1.82) is 0 Å². The minimum atomic E-state index is -4.87. The third-order valence-electron chi connectivity index (χ3n) is 1.23. The van der Waals surface area contributed by atoms with Crippen molar-refractivity contribution in [2.45, 2.75) is 0 Å². The molecule has 0 aliphatic heterocycles. The number of hydrogen-bond donors (Lipinski definition) is 0. The Hall–Kier alpha value is 0.270. The fourth-order valence-electron chi connectivity index (χ4n) is 0.758. The molecule has 0 spiro atoms. The second-order valence-corrected chi connectivity index (χ2v) is 8.67. The summed E-state index contributed by atoms with van der Waals surface area (Å²) in [5, 5.41) is 0.398. The first-order chi connectivity index (χ1) is 7.18. The van der Waals surface area contributed by atoms with Gasteiger partial charge in [0.1, 0.15) is 5.75 Å². The number of rotatable bonds is 4. The van der Waals surface area contributed by atoms with Crippen molar-refractivity contribution in [3.05, 3.63) is 29.3 Å². The third kappa shape index (κ3) is 5.55. The molecular weight excluding hydrogens is 320 g/mol. The molecule has 1 unspecified atom stereocenters. The maximum Gasteiger partial charge on any atom is 0.387 e. The van der Waals surface area contributed by atoms with E-state index in [2.05, 4.69) is 8.83 Å². The van der Waals surface area contributed by atoms with Gasteiger partial charge in [-0.15, -0.1) is 0 Å². The Bertz CT molecular complexity index is 456. The monoisotopic (exact) mass is 323 g/mol. The summed E-state index contributed by atoms with van der Waals surface area (Å²) in [6.07, 6.45) is -4.22. The fraction of sp³-hybridized carbons (Fsp3) is 0. The molecule has 0 heterocycles. The predicted octanol–water partition coefficient (Wildman–Crippen LogP) is 3.79. The van der Waals surface area contributed by atoms with Crippen molar-refractivity contribution in [3.63, 3.8) is 0 Å². The first-order valence-electron chi connectivity index (χ1n) is 3.65. The molecule has 0 amide bonds. The molecule has 0 radical (unpaired) electrons. The highest BCUT2D eigenvalue weighted by molar-refractivity contribution is 8.07. The van der Waals surface area contributed by atoms with Gasteiger partial charge in [0.25, 0.3) is 0 Å². The minimum absolute atomic E-state index is 0.0653. The van der Waals surface area contributed by atoms with Crippen LogP contribution in [0.3, 0.4) is 0 Å². The summed E-state index contributed by atoms with van der Waals surface area (Å²) in [7, 11) is -4.87. The maximum atomic E-state index is 11.1. The van der Waals surface area contributed by atoms with E-state index < -0.39 is 13.9 Å². The average Bonchev–Trinajstić information content (AvgIpc) is 2.04. The zero-order chi connectivity index (χ0) is 12.4. The molecule has 1 aromatic rings. The Balaban J connectivity index is 2.77. The lowest BCUT2D eigenvalue weighted by atomic mass is 10.3. The molecule has 1 rings (SSSR count). The van der Waals surface area contributed by atoms with Crippen LogP contribution < -0.4 is 9.42 Å². The summed E-state index contributed by atoms with van der Waals surface area (Å²) in [6.45, 7) is 0. The van der Waals surface area contributed by atoms with E-state index in [0.717, 1.165) is 0 Å². The molecule has 16 heavy (non-hydrogen) atoms. The molecular formula is C6H4Cl3O5P2-. The van der Waals surface area contributed by atoms with Crippen LogP contribution in [0.25, 0.3) is 0 Å². The summed E-state index contributed by atoms with van der Waals surface area (Å²) >= 11 is 15.4. The highest BCUT2D eigenvalue weighted by Gasteiger charge is 2.25. The van der Waals surface area contributed by atoms with Crippen molar-refractivity contribution in [3.8, 4) is 5.75 Å². The van der Waals surface area contributed by atoms with Crippen LogP contribution in [0.4, 0.5) is 0 Å². The van der Waals surface area contributed by atoms with Crippen LogP contribution in [0.15, 0.2) is 24.3 Å². The lowest BCUT2D eigenvalue weighted by Gasteiger charge is -2.22. The molecule has 0 aromatic heterocycles.